The van der Waals surface area contributed by atoms with Gasteiger partial charge >= 0.3 is 0 Å². The first-order valence-electron chi connectivity index (χ1n) is 10.4. The third-order valence-electron chi connectivity index (χ3n) is 5.29. The molecule has 1 aromatic carbocycles. The minimum absolute atomic E-state index is 0.220. The molecule has 170 valence electrons. The van der Waals surface area contributed by atoms with Gasteiger partial charge in [0.2, 0.25) is 0 Å². The molecule has 1 aliphatic heterocycles. The zero-order valence-electron chi connectivity index (χ0n) is 18.6. The van der Waals surface area contributed by atoms with Crippen molar-refractivity contribution in [1.29, 1.82) is 0 Å². The number of hydrogen-bond acceptors (Lipinski definition) is 7. The number of methoxy groups -OCH3 is 1. The third-order valence-corrected chi connectivity index (χ3v) is 6.67. The Morgan fingerprint density at radius 3 is 2.67 bits per heavy atom. The molecule has 0 radical (unpaired) electrons. The zero-order valence-corrected chi connectivity index (χ0v) is 20.3. The van der Waals surface area contributed by atoms with E-state index in [1.807, 2.05) is 44.2 Å². The number of hydrogen-bond donors (Lipinski definition) is 1. The molecule has 4 rings (SSSR count). The number of rotatable bonds is 7. The van der Waals surface area contributed by atoms with Gasteiger partial charge in [0.25, 0.3) is 11.5 Å². The van der Waals surface area contributed by atoms with Gasteiger partial charge in [-0.05, 0) is 37.1 Å². The molecule has 1 aliphatic rings. The van der Waals surface area contributed by atoms with Crippen molar-refractivity contribution in [2.45, 2.75) is 20.4 Å². The van der Waals surface area contributed by atoms with Crippen molar-refractivity contribution in [2.24, 2.45) is 0 Å². The summed E-state index contributed by atoms with van der Waals surface area (Å²) in [6.45, 7) is 5.22. The number of carbonyl (C=O) groups is 1. The highest BCUT2D eigenvalue weighted by atomic mass is 32.2. The van der Waals surface area contributed by atoms with Crippen LogP contribution in [0, 0.1) is 13.8 Å². The summed E-state index contributed by atoms with van der Waals surface area (Å²) < 4.78 is 7.08. The first-order chi connectivity index (χ1) is 15.9. The monoisotopic (exact) mass is 480 g/mol. The maximum absolute atomic E-state index is 13.4. The molecule has 33 heavy (non-hydrogen) atoms. The number of benzene rings is 1. The number of anilines is 1. The molecule has 7 nitrogen and oxygen atoms in total. The van der Waals surface area contributed by atoms with Crippen LogP contribution >= 0.6 is 24.0 Å². The average Bonchev–Trinajstić information content (AvgIpc) is 3.06. The number of thioether (sulfide) groups is 1. The standard InChI is InChI=1S/C24H24N4O3S2/c1-15-6-8-17(9-7-15)14-28-23(30)19(33-24(28)32)13-18-20(25-10-12-31-3)26-21-16(2)5-4-11-27(21)22(18)29/h4-9,11,13,25H,10,12,14H2,1-3H3/b19-13-. The summed E-state index contributed by atoms with van der Waals surface area (Å²) in [6.07, 6.45) is 3.27. The maximum atomic E-state index is 13.4. The van der Waals surface area contributed by atoms with E-state index in [2.05, 4.69) is 10.3 Å². The topological polar surface area (TPSA) is 75.9 Å². The van der Waals surface area contributed by atoms with Crippen LogP contribution < -0.4 is 10.9 Å². The van der Waals surface area contributed by atoms with Gasteiger partial charge in [-0.2, -0.15) is 0 Å². The number of aryl methyl sites for hydroxylation is 2. The normalized spacial score (nSPS) is 15.1. The molecule has 3 aromatic rings. The van der Waals surface area contributed by atoms with Crippen molar-refractivity contribution in [3.8, 4) is 0 Å². The smallest absolute Gasteiger partial charge is 0.267 e. The molecule has 0 spiro atoms. The Balaban J connectivity index is 1.72. The molecule has 0 atom stereocenters. The fourth-order valence-corrected chi connectivity index (χ4v) is 4.73. The SMILES string of the molecule is COCCNc1nc2c(C)cccn2c(=O)c1/C=C1\SC(=S)N(Cc2ccc(C)cc2)C1=O. The van der Waals surface area contributed by atoms with Gasteiger partial charge in [-0.1, -0.05) is 59.9 Å². The van der Waals surface area contributed by atoms with Crippen LogP contribution in [-0.4, -0.2) is 44.8 Å². The van der Waals surface area contributed by atoms with Crippen LogP contribution in [0.5, 0.6) is 0 Å². The molecular weight excluding hydrogens is 456 g/mol. The number of ether oxygens (including phenoxy) is 1. The van der Waals surface area contributed by atoms with Crippen LogP contribution in [0.3, 0.4) is 0 Å². The Kier molecular flexibility index (Phi) is 6.92. The van der Waals surface area contributed by atoms with Crippen molar-refractivity contribution in [3.63, 3.8) is 0 Å². The van der Waals surface area contributed by atoms with Gasteiger partial charge in [0.05, 0.1) is 23.6 Å². The predicted octanol–water partition coefficient (Wildman–Crippen LogP) is 3.77. The van der Waals surface area contributed by atoms with Crippen LogP contribution in [-0.2, 0) is 16.1 Å². The van der Waals surface area contributed by atoms with Crippen molar-refractivity contribution in [1.82, 2.24) is 14.3 Å². The minimum atomic E-state index is -0.257. The first kappa shape index (κ1) is 23.2. The highest BCUT2D eigenvalue weighted by molar-refractivity contribution is 8.26. The zero-order chi connectivity index (χ0) is 23.5. The van der Waals surface area contributed by atoms with E-state index in [9.17, 15) is 9.59 Å². The lowest BCUT2D eigenvalue weighted by Gasteiger charge is -2.14. The molecule has 1 saturated heterocycles. The number of nitrogens with zero attached hydrogens (tertiary/aromatic N) is 3. The Bertz CT molecular complexity index is 1320. The van der Waals surface area contributed by atoms with Gasteiger partial charge in [-0.25, -0.2) is 4.98 Å². The van der Waals surface area contributed by atoms with E-state index in [-0.39, 0.29) is 11.5 Å². The number of thiocarbonyl (C=S) groups is 1. The molecule has 0 saturated carbocycles. The number of carbonyl (C=O) groups excluding carboxylic acids is 1. The number of amides is 1. The van der Waals surface area contributed by atoms with E-state index in [1.54, 1.807) is 30.3 Å². The largest absolute Gasteiger partial charge is 0.383 e. The predicted molar refractivity (Wildman–Crippen MR) is 136 cm³/mol. The Labute approximate surface area is 201 Å². The van der Waals surface area contributed by atoms with Crippen molar-refractivity contribution in [3.05, 3.63) is 80.1 Å². The molecular formula is C24H24N4O3S2. The van der Waals surface area contributed by atoms with Gasteiger partial charge < -0.3 is 10.1 Å². The molecule has 9 heteroatoms. The number of aromatic nitrogens is 2. The highest BCUT2D eigenvalue weighted by Crippen LogP contribution is 2.34. The van der Waals surface area contributed by atoms with Crippen molar-refractivity contribution < 1.29 is 9.53 Å². The highest BCUT2D eigenvalue weighted by Gasteiger charge is 2.32. The second-order valence-corrected chi connectivity index (χ2v) is 9.41. The van der Waals surface area contributed by atoms with E-state index >= 15 is 0 Å². The summed E-state index contributed by atoms with van der Waals surface area (Å²) in [5.74, 6) is 0.192. The van der Waals surface area contributed by atoms with Gasteiger partial charge in [-0.15, -0.1) is 0 Å². The van der Waals surface area contributed by atoms with Crippen LogP contribution in [0.15, 0.2) is 52.3 Å². The average molecular weight is 481 g/mol. The van der Waals surface area contributed by atoms with Crippen LogP contribution in [0.1, 0.15) is 22.3 Å². The van der Waals surface area contributed by atoms with Crippen molar-refractivity contribution in [2.75, 3.05) is 25.6 Å². The molecule has 0 bridgehead atoms. The van der Waals surface area contributed by atoms with E-state index in [1.165, 1.54) is 16.2 Å². The summed E-state index contributed by atoms with van der Waals surface area (Å²) in [7, 11) is 1.61. The van der Waals surface area contributed by atoms with E-state index < -0.39 is 0 Å². The summed E-state index contributed by atoms with van der Waals surface area (Å²) in [5, 5.41) is 3.17. The summed E-state index contributed by atoms with van der Waals surface area (Å²) in [4.78, 5) is 33.2. The van der Waals surface area contributed by atoms with Crippen LogP contribution in [0.25, 0.3) is 11.7 Å². The number of pyridine rings is 1. The molecule has 0 unspecified atom stereocenters. The second-order valence-electron chi connectivity index (χ2n) is 7.74. The third kappa shape index (κ3) is 4.85. The maximum Gasteiger partial charge on any atom is 0.267 e. The second kappa shape index (κ2) is 9.86. The molecule has 1 fully saturated rings. The fourth-order valence-electron chi connectivity index (χ4n) is 3.49. The van der Waals surface area contributed by atoms with E-state index in [4.69, 9.17) is 17.0 Å². The fraction of sp³-hybridized carbons (Fsp3) is 0.250. The molecule has 1 amide bonds. The van der Waals surface area contributed by atoms with E-state index in [0.717, 1.165) is 16.7 Å². The molecule has 3 heterocycles. The Morgan fingerprint density at radius 1 is 1.18 bits per heavy atom. The summed E-state index contributed by atoms with van der Waals surface area (Å²) in [5.41, 5.74) is 3.63. The lowest BCUT2D eigenvalue weighted by Crippen LogP contribution is -2.27. The molecule has 2 aromatic heterocycles. The first-order valence-corrected chi connectivity index (χ1v) is 11.7. The summed E-state index contributed by atoms with van der Waals surface area (Å²) >= 11 is 6.67. The molecule has 1 N–H and O–H groups in total. The lowest BCUT2D eigenvalue weighted by molar-refractivity contribution is -0.122. The van der Waals surface area contributed by atoms with Crippen LogP contribution in [0.4, 0.5) is 5.82 Å². The minimum Gasteiger partial charge on any atom is -0.383 e. The van der Waals surface area contributed by atoms with Crippen LogP contribution in [0.2, 0.25) is 0 Å². The number of fused-ring (bicyclic) bond motifs is 1. The van der Waals surface area contributed by atoms with Gasteiger partial charge in [-0.3, -0.25) is 18.9 Å². The van der Waals surface area contributed by atoms with Gasteiger partial charge in [0, 0.05) is 19.9 Å². The molecule has 0 aliphatic carbocycles. The van der Waals surface area contributed by atoms with Gasteiger partial charge in [0.1, 0.15) is 15.8 Å². The Morgan fingerprint density at radius 2 is 1.94 bits per heavy atom. The number of nitrogens with one attached hydrogen (secondary N) is 1. The van der Waals surface area contributed by atoms with Gasteiger partial charge in [0.15, 0.2) is 0 Å². The quantitative estimate of drug-likeness (QED) is 0.313. The summed E-state index contributed by atoms with van der Waals surface area (Å²) in [6, 6.07) is 11.7. The van der Waals surface area contributed by atoms with E-state index in [0.29, 0.717) is 46.0 Å². The lowest BCUT2D eigenvalue weighted by atomic mass is 10.1. The van der Waals surface area contributed by atoms with Crippen molar-refractivity contribution >= 4 is 51.7 Å². The Hall–Kier alpha value is -3.01.